The van der Waals surface area contributed by atoms with Crippen LogP contribution in [0.2, 0.25) is 5.02 Å². The molecule has 3 nitrogen and oxygen atoms in total. The second kappa shape index (κ2) is 5.85. The molecule has 0 amide bonds. The van der Waals surface area contributed by atoms with Crippen LogP contribution in [0.25, 0.3) is 11.0 Å². The van der Waals surface area contributed by atoms with Gasteiger partial charge in [0, 0.05) is 10.9 Å². The maximum Gasteiger partial charge on any atom is 0.142 e. The van der Waals surface area contributed by atoms with Crippen LogP contribution >= 0.6 is 11.6 Å². The van der Waals surface area contributed by atoms with Gasteiger partial charge in [-0.25, -0.2) is 4.39 Å². The molecule has 1 heterocycles. The molecule has 0 aliphatic heterocycles. The summed E-state index contributed by atoms with van der Waals surface area (Å²) in [7, 11) is 0. The Hall–Kier alpha value is -1.88. The molecule has 1 atom stereocenters. The fourth-order valence-electron chi connectivity index (χ4n) is 2.45. The van der Waals surface area contributed by atoms with Gasteiger partial charge in [0.25, 0.3) is 0 Å². The number of rotatable bonds is 4. The van der Waals surface area contributed by atoms with Crippen molar-refractivity contribution in [2.75, 3.05) is 0 Å². The first-order valence-electron chi connectivity index (χ1n) is 6.56. The van der Waals surface area contributed by atoms with Gasteiger partial charge in [0.2, 0.25) is 0 Å². The lowest BCUT2D eigenvalue weighted by Gasteiger charge is -2.16. The van der Waals surface area contributed by atoms with E-state index >= 15 is 0 Å². The molecule has 1 unspecified atom stereocenters. The molecule has 0 radical (unpaired) electrons. The number of furan rings is 1. The fraction of sp³-hybridized carbons (Fsp3) is 0.125. The molecule has 0 spiro atoms. The zero-order valence-corrected chi connectivity index (χ0v) is 11.9. The van der Waals surface area contributed by atoms with E-state index in [0.717, 1.165) is 16.5 Å². The van der Waals surface area contributed by atoms with Crippen LogP contribution in [0.15, 0.2) is 53.1 Å². The quantitative estimate of drug-likeness (QED) is 0.566. The summed E-state index contributed by atoms with van der Waals surface area (Å²) < 4.78 is 19.0. The summed E-state index contributed by atoms with van der Waals surface area (Å²) in [5.41, 5.74) is 5.16. The van der Waals surface area contributed by atoms with Crippen molar-refractivity contribution in [1.82, 2.24) is 5.43 Å². The molecule has 0 saturated heterocycles. The van der Waals surface area contributed by atoms with Crippen molar-refractivity contribution in [1.29, 1.82) is 0 Å². The minimum Gasteiger partial charge on any atom is -0.464 e. The number of para-hydroxylation sites is 1. The van der Waals surface area contributed by atoms with Gasteiger partial charge in [-0.2, -0.15) is 0 Å². The number of halogens is 2. The molecule has 108 valence electrons. The normalized spacial score (nSPS) is 12.7. The Morgan fingerprint density at radius 3 is 2.81 bits per heavy atom. The Bertz CT molecular complexity index is 772. The van der Waals surface area contributed by atoms with Crippen LogP contribution in [0.1, 0.15) is 17.2 Å². The number of hydrogen-bond acceptors (Lipinski definition) is 3. The van der Waals surface area contributed by atoms with E-state index in [1.807, 2.05) is 24.3 Å². The summed E-state index contributed by atoms with van der Waals surface area (Å²) in [6.07, 6.45) is 2.14. The van der Waals surface area contributed by atoms with E-state index in [0.29, 0.717) is 12.0 Å². The van der Waals surface area contributed by atoms with Gasteiger partial charge in [0.05, 0.1) is 17.3 Å². The predicted molar refractivity (Wildman–Crippen MR) is 81.4 cm³/mol. The summed E-state index contributed by atoms with van der Waals surface area (Å²) in [5.74, 6) is 5.23. The minimum atomic E-state index is -0.429. The molecule has 5 heteroatoms. The Morgan fingerprint density at radius 2 is 2.00 bits per heavy atom. The van der Waals surface area contributed by atoms with Gasteiger partial charge in [-0.3, -0.25) is 11.3 Å². The van der Waals surface area contributed by atoms with Crippen LogP contribution < -0.4 is 11.3 Å². The van der Waals surface area contributed by atoms with E-state index in [2.05, 4.69) is 5.43 Å². The third kappa shape index (κ3) is 2.65. The maximum absolute atomic E-state index is 13.5. The van der Waals surface area contributed by atoms with Crippen molar-refractivity contribution in [3.63, 3.8) is 0 Å². The SMILES string of the molecule is NNC(Cc1cccc(F)c1Cl)c1coc2ccccc12. The number of hydrazine groups is 1. The summed E-state index contributed by atoms with van der Waals surface area (Å²) in [6, 6.07) is 12.2. The highest BCUT2D eigenvalue weighted by Crippen LogP contribution is 2.30. The summed E-state index contributed by atoms with van der Waals surface area (Å²) >= 11 is 6.01. The van der Waals surface area contributed by atoms with Crippen molar-refractivity contribution in [2.24, 2.45) is 5.84 Å². The number of fused-ring (bicyclic) bond motifs is 1. The lowest BCUT2D eigenvalue weighted by Crippen LogP contribution is -2.29. The molecule has 3 aromatic rings. The van der Waals surface area contributed by atoms with Crippen molar-refractivity contribution in [3.8, 4) is 0 Å². The van der Waals surface area contributed by atoms with Gasteiger partial charge in [-0.1, -0.05) is 41.9 Å². The third-order valence-corrected chi connectivity index (χ3v) is 3.97. The molecule has 0 saturated carbocycles. The zero-order chi connectivity index (χ0) is 14.8. The fourth-order valence-corrected chi connectivity index (χ4v) is 2.66. The number of nitrogens with two attached hydrogens (primary N) is 1. The molecule has 0 aliphatic rings. The highest BCUT2D eigenvalue weighted by molar-refractivity contribution is 6.31. The van der Waals surface area contributed by atoms with E-state index in [-0.39, 0.29) is 11.1 Å². The number of hydrogen-bond donors (Lipinski definition) is 2. The Balaban J connectivity index is 1.97. The Kier molecular flexibility index (Phi) is 3.92. The van der Waals surface area contributed by atoms with Crippen LogP contribution in [0.4, 0.5) is 4.39 Å². The van der Waals surface area contributed by atoms with Gasteiger partial charge in [0.1, 0.15) is 11.4 Å². The maximum atomic E-state index is 13.5. The van der Waals surface area contributed by atoms with Gasteiger partial charge >= 0.3 is 0 Å². The third-order valence-electron chi connectivity index (χ3n) is 3.54. The largest absolute Gasteiger partial charge is 0.464 e. The Morgan fingerprint density at radius 1 is 1.19 bits per heavy atom. The van der Waals surface area contributed by atoms with Crippen molar-refractivity contribution < 1.29 is 8.81 Å². The molecule has 2 aromatic carbocycles. The van der Waals surface area contributed by atoms with Gasteiger partial charge in [-0.15, -0.1) is 0 Å². The summed E-state index contributed by atoms with van der Waals surface area (Å²) in [5, 5.41) is 1.11. The molecular formula is C16H14ClFN2O. The smallest absolute Gasteiger partial charge is 0.142 e. The van der Waals surface area contributed by atoms with Crippen molar-refractivity contribution in [3.05, 3.63) is 70.7 Å². The molecule has 0 bridgehead atoms. The van der Waals surface area contributed by atoms with E-state index < -0.39 is 5.82 Å². The van der Waals surface area contributed by atoms with Crippen LogP contribution in [0.5, 0.6) is 0 Å². The van der Waals surface area contributed by atoms with Gasteiger partial charge < -0.3 is 4.42 Å². The molecule has 0 fully saturated rings. The second-order valence-corrected chi connectivity index (χ2v) is 5.20. The van der Waals surface area contributed by atoms with Gasteiger partial charge in [-0.05, 0) is 24.1 Å². The average molecular weight is 305 g/mol. The highest BCUT2D eigenvalue weighted by atomic mass is 35.5. The summed E-state index contributed by atoms with van der Waals surface area (Å²) in [6.45, 7) is 0. The standard InChI is InChI=1S/C16H14ClFN2O/c17-16-10(4-3-6-13(16)18)8-14(20-19)12-9-21-15-7-2-1-5-11(12)15/h1-7,9,14,20H,8,19H2. The average Bonchev–Trinajstić information content (AvgIpc) is 2.93. The van der Waals surface area contributed by atoms with Crippen LogP contribution in [0, 0.1) is 5.82 Å². The van der Waals surface area contributed by atoms with E-state index in [1.165, 1.54) is 6.07 Å². The minimum absolute atomic E-state index is 0.130. The first-order chi connectivity index (χ1) is 10.2. The first kappa shape index (κ1) is 14.1. The molecule has 0 aliphatic carbocycles. The van der Waals surface area contributed by atoms with Crippen LogP contribution in [-0.2, 0) is 6.42 Å². The Labute approximate surface area is 126 Å². The van der Waals surface area contributed by atoms with Crippen LogP contribution in [0.3, 0.4) is 0 Å². The van der Waals surface area contributed by atoms with Crippen molar-refractivity contribution >= 4 is 22.6 Å². The van der Waals surface area contributed by atoms with Crippen LogP contribution in [-0.4, -0.2) is 0 Å². The molecule has 3 N–H and O–H groups in total. The van der Waals surface area contributed by atoms with E-state index in [4.69, 9.17) is 21.9 Å². The monoisotopic (exact) mass is 304 g/mol. The first-order valence-corrected chi connectivity index (χ1v) is 6.93. The van der Waals surface area contributed by atoms with Crippen molar-refractivity contribution in [2.45, 2.75) is 12.5 Å². The predicted octanol–water partition coefficient (Wildman–Crippen LogP) is 3.97. The number of nitrogens with one attached hydrogen (secondary N) is 1. The van der Waals surface area contributed by atoms with Gasteiger partial charge in [0.15, 0.2) is 0 Å². The zero-order valence-electron chi connectivity index (χ0n) is 11.1. The van der Waals surface area contributed by atoms with E-state index in [1.54, 1.807) is 18.4 Å². The topological polar surface area (TPSA) is 51.2 Å². The molecule has 21 heavy (non-hydrogen) atoms. The molecule has 1 aromatic heterocycles. The number of benzene rings is 2. The van der Waals surface area contributed by atoms with E-state index in [9.17, 15) is 4.39 Å². The summed E-state index contributed by atoms with van der Waals surface area (Å²) in [4.78, 5) is 0. The second-order valence-electron chi connectivity index (χ2n) is 4.82. The molecule has 3 rings (SSSR count). The highest BCUT2D eigenvalue weighted by Gasteiger charge is 2.18. The lowest BCUT2D eigenvalue weighted by atomic mass is 9.99. The lowest BCUT2D eigenvalue weighted by molar-refractivity contribution is 0.534. The molecular weight excluding hydrogens is 291 g/mol.